The first-order valence-corrected chi connectivity index (χ1v) is 7.03. The van der Waals surface area contributed by atoms with Crippen LogP contribution in [0.4, 0.5) is 5.69 Å². The summed E-state index contributed by atoms with van der Waals surface area (Å²) < 4.78 is 0.684. The lowest BCUT2D eigenvalue weighted by molar-refractivity contribution is -0.383. The summed E-state index contributed by atoms with van der Waals surface area (Å²) in [5.41, 5.74) is 7.28. The van der Waals surface area contributed by atoms with Crippen LogP contribution in [0.25, 0.3) is 10.9 Å². The van der Waals surface area contributed by atoms with Crippen LogP contribution in [0.3, 0.4) is 0 Å². The number of non-ortho nitro benzene ring substituents is 1. The van der Waals surface area contributed by atoms with Gasteiger partial charge in [-0.2, -0.15) is 0 Å². The van der Waals surface area contributed by atoms with Crippen molar-refractivity contribution in [2.75, 3.05) is 6.54 Å². The van der Waals surface area contributed by atoms with Gasteiger partial charge in [0.15, 0.2) is 0 Å². The summed E-state index contributed by atoms with van der Waals surface area (Å²) in [5.74, 6) is -1.71. The predicted molar refractivity (Wildman–Crippen MR) is 81.3 cm³/mol. The zero-order chi connectivity index (χ0) is 15.7. The highest BCUT2D eigenvalue weighted by Gasteiger charge is 2.24. The second kappa shape index (κ2) is 5.82. The largest absolute Gasteiger partial charge is 0.481 e. The van der Waals surface area contributed by atoms with E-state index in [1.165, 1.54) is 6.07 Å². The van der Waals surface area contributed by atoms with E-state index in [-0.39, 0.29) is 18.7 Å². The first-order valence-electron chi connectivity index (χ1n) is 6.23. The lowest BCUT2D eigenvalue weighted by Gasteiger charge is -2.10. The molecule has 112 valence electrons. The Balaban J connectivity index is 2.64. The van der Waals surface area contributed by atoms with Gasteiger partial charge in [-0.25, -0.2) is 0 Å². The number of nitrogens with two attached hydrogens (primary N) is 1. The molecule has 0 spiro atoms. The number of nitro benzene ring substituents is 1. The molecule has 1 aromatic heterocycles. The molecule has 1 aromatic carbocycles. The van der Waals surface area contributed by atoms with Crippen molar-refractivity contribution in [3.8, 4) is 0 Å². The van der Waals surface area contributed by atoms with E-state index in [1.54, 1.807) is 13.0 Å². The number of nitrogens with one attached hydrogen (secondary N) is 1. The van der Waals surface area contributed by atoms with Crippen LogP contribution in [-0.4, -0.2) is 27.5 Å². The van der Waals surface area contributed by atoms with E-state index in [0.717, 1.165) is 5.56 Å². The Kier molecular flexibility index (Phi) is 4.29. The third-order valence-corrected chi connectivity index (χ3v) is 4.14. The molecule has 2 aromatic rings. The number of aromatic nitrogens is 1. The summed E-state index contributed by atoms with van der Waals surface area (Å²) in [6.07, 6.45) is 0.220. The monoisotopic (exact) mass is 355 g/mol. The second-order valence-electron chi connectivity index (χ2n) is 4.78. The first-order chi connectivity index (χ1) is 9.86. The number of fused-ring (bicyclic) bond motifs is 1. The molecule has 1 heterocycles. The molecule has 0 aliphatic rings. The molecule has 0 saturated heterocycles. The molecule has 0 radical (unpaired) electrons. The SMILES string of the molecule is Cc1[nH]c2c([N+](=O)[O-])ccc(Br)c2c1CC(CN)C(=O)O. The van der Waals surface area contributed by atoms with Crippen LogP contribution in [0.5, 0.6) is 0 Å². The quantitative estimate of drug-likeness (QED) is 0.561. The fourth-order valence-corrected chi connectivity index (χ4v) is 2.93. The number of nitrogens with zero attached hydrogens (tertiary/aromatic N) is 1. The van der Waals surface area contributed by atoms with Crippen LogP contribution in [0, 0.1) is 23.0 Å². The highest BCUT2D eigenvalue weighted by atomic mass is 79.9. The van der Waals surface area contributed by atoms with E-state index >= 15 is 0 Å². The molecular formula is C13H14BrN3O4. The highest BCUT2D eigenvalue weighted by molar-refractivity contribution is 9.10. The Morgan fingerprint density at radius 3 is 2.76 bits per heavy atom. The third-order valence-electron chi connectivity index (χ3n) is 3.48. The molecule has 8 heteroatoms. The van der Waals surface area contributed by atoms with Crippen molar-refractivity contribution in [1.29, 1.82) is 0 Å². The van der Waals surface area contributed by atoms with Gasteiger partial charge in [0.05, 0.1) is 10.8 Å². The number of carboxylic acid groups (broad SMARTS) is 1. The molecule has 0 fully saturated rings. The maximum Gasteiger partial charge on any atom is 0.308 e. The van der Waals surface area contributed by atoms with E-state index in [9.17, 15) is 14.9 Å². The third kappa shape index (κ3) is 2.77. The maximum absolute atomic E-state index is 11.2. The van der Waals surface area contributed by atoms with Crippen molar-refractivity contribution < 1.29 is 14.8 Å². The van der Waals surface area contributed by atoms with Crippen molar-refractivity contribution in [1.82, 2.24) is 4.98 Å². The van der Waals surface area contributed by atoms with Gasteiger partial charge >= 0.3 is 5.97 Å². The summed E-state index contributed by atoms with van der Waals surface area (Å²) in [7, 11) is 0. The van der Waals surface area contributed by atoms with Gasteiger partial charge in [0.2, 0.25) is 0 Å². The number of hydrogen-bond acceptors (Lipinski definition) is 4. The zero-order valence-electron chi connectivity index (χ0n) is 11.2. The summed E-state index contributed by atoms with van der Waals surface area (Å²) in [6, 6.07) is 3.00. The minimum Gasteiger partial charge on any atom is -0.481 e. The number of aliphatic carboxylic acids is 1. The molecule has 21 heavy (non-hydrogen) atoms. The van der Waals surface area contributed by atoms with Gasteiger partial charge in [0.25, 0.3) is 5.69 Å². The zero-order valence-corrected chi connectivity index (χ0v) is 12.8. The van der Waals surface area contributed by atoms with Crippen LogP contribution in [0.1, 0.15) is 11.3 Å². The fourth-order valence-electron chi connectivity index (χ4n) is 2.36. The van der Waals surface area contributed by atoms with Crippen molar-refractivity contribution in [3.63, 3.8) is 0 Å². The van der Waals surface area contributed by atoms with Crippen LogP contribution in [0.2, 0.25) is 0 Å². The normalized spacial score (nSPS) is 12.5. The molecule has 0 aliphatic carbocycles. The van der Waals surface area contributed by atoms with E-state index in [1.807, 2.05) is 0 Å². The number of benzene rings is 1. The molecule has 1 unspecified atom stereocenters. The Morgan fingerprint density at radius 2 is 2.24 bits per heavy atom. The average molecular weight is 356 g/mol. The Bertz CT molecular complexity index is 726. The number of hydrogen-bond donors (Lipinski definition) is 3. The molecular weight excluding hydrogens is 342 g/mol. The predicted octanol–water partition coefficient (Wildman–Crippen LogP) is 2.35. The molecule has 0 bridgehead atoms. The van der Waals surface area contributed by atoms with Crippen LogP contribution in [-0.2, 0) is 11.2 Å². The summed E-state index contributed by atoms with van der Waals surface area (Å²) in [6.45, 7) is 1.77. The smallest absolute Gasteiger partial charge is 0.308 e. The fraction of sp³-hybridized carbons (Fsp3) is 0.308. The number of H-pyrrole nitrogens is 1. The Morgan fingerprint density at radius 1 is 1.57 bits per heavy atom. The van der Waals surface area contributed by atoms with Gasteiger partial charge < -0.3 is 15.8 Å². The van der Waals surface area contributed by atoms with Crippen LogP contribution >= 0.6 is 15.9 Å². The van der Waals surface area contributed by atoms with E-state index in [0.29, 0.717) is 21.1 Å². The topological polar surface area (TPSA) is 122 Å². The number of aromatic amines is 1. The first kappa shape index (κ1) is 15.5. The van der Waals surface area contributed by atoms with Crippen molar-refractivity contribution in [3.05, 3.63) is 38.0 Å². The summed E-state index contributed by atoms with van der Waals surface area (Å²) in [4.78, 5) is 24.8. The number of carbonyl (C=O) groups is 1. The van der Waals surface area contributed by atoms with Crippen molar-refractivity contribution >= 4 is 38.5 Å². The number of rotatable bonds is 5. The summed E-state index contributed by atoms with van der Waals surface area (Å²) in [5, 5.41) is 20.9. The van der Waals surface area contributed by atoms with Gasteiger partial charge in [0, 0.05) is 28.2 Å². The standard InChI is InChI=1S/C13H14BrN3O4/c1-6-8(4-7(5-15)13(18)19)11-9(14)2-3-10(17(20)21)12(11)16-6/h2-3,7,16H,4-5,15H2,1H3,(H,18,19). The average Bonchev–Trinajstić information content (AvgIpc) is 2.72. The molecule has 1 atom stereocenters. The van der Waals surface area contributed by atoms with Gasteiger partial charge in [-0.1, -0.05) is 15.9 Å². The molecule has 2 rings (SSSR count). The van der Waals surface area contributed by atoms with E-state index < -0.39 is 16.8 Å². The minimum atomic E-state index is -0.979. The van der Waals surface area contributed by atoms with Gasteiger partial charge in [-0.05, 0) is 25.0 Å². The molecule has 0 amide bonds. The lowest BCUT2D eigenvalue weighted by atomic mass is 9.97. The van der Waals surface area contributed by atoms with Gasteiger partial charge in [-0.3, -0.25) is 14.9 Å². The number of carboxylic acids is 1. The minimum absolute atomic E-state index is 0.00793. The highest BCUT2D eigenvalue weighted by Crippen LogP contribution is 2.36. The number of nitro groups is 1. The molecule has 7 nitrogen and oxygen atoms in total. The Labute approximate surface area is 128 Å². The van der Waals surface area contributed by atoms with Crippen LogP contribution in [0.15, 0.2) is 16.6 Å². The molecule has 0 aliphatic heterocycles. The van der Waals surface area contributed by atoms with Crippen molar-refractivity contribution in [2.24, 2.45) is 11.7 Å². The lowest BCUT2D eigenvalue weighted by Crippen LogP contribution is -2.25. The van der Waals surface area contributed by atoms with Crippen LogP contribution < -0.4 is 5.73 Å². The summed E-state index contributed by atoms with van der Waals surface area (Å²) >= 11 is 3.37. The van der Waals surface area contributed by atoms with E-state index in [2.05, 4.69) is 20.9 Å². The van der Waals surface area contributed by atoms with Crippen molar-refractivity contribution in [2.45, 2.75) is 13.3 Å². The van der Waals surface area contributed by atoms with Gasteiger partial charge in [0.1, 0.15) is 5.52 Å². The molecule has 0 saturated carbocycles. The number of aryl methyl sites for hydroxylation is 1. The van der Waals surface area contributed by atoms with Gasteiger partial charge in [-0.15, -0.1) is 0 Å². The van der Waals surface area contributed by atoms with E-state index in [4.69, 9.17) is 10.8 Å². The number of halogens is 1. The maximum atomic E-state index is 11.2. The Hall–Kier alpha value is -1.93. The second-order valence-corrected chi connectivity index (χ2v) is 5.63. The molecule has 4 N–H and O–H groups in total.